The Morgan fingerprint density at radius 1 is 1.20 bits per heavy atom. The highest BCUT2D eigenvalue weighted by Crippen LogP contribution is 2.27. The van der Waals surface area contributed by atoms with Crippen molar-refractivity contribution in [2.24, 2.45) is 0 Å². The Labute approximate surface area is 91.9 Å². The molecule has 2 rings (SSSR count). The molecule has 1 aliphatic heterocycles. The minimum atomic E-state index is 0.383. The molecule has 0 bridgehead atoms. The molecule has 82 valence electrons. The summed E-state index contributed by atoms with van der Waals surface area (Å²) in [5.41, 5.74) is 1.44. The van der Waals surface area contributed by atoms with Gasteiger partial charge in [0.1, 0.15) is 0 Å². The van der Waals surface area contributed by atoms with Gasteiger partial charge in [0.25, 0.3) is 0 Å². The first-order valence-corrected chi connectivity index (χ1v) is 5.56. The summed E-state index contributed by atoms with van der Waals surface area (Å²) in [4.78, 5) is 2.36. The minimum absolute atomic E-state index is 0.383. The van der Waals surface area contributed by atoms with Crippen molar-refractivity contribution in [3.63, 3.8) is 0 Å². The quantitative estimate of drug-likeness (QED) is 0.733. The zero-order valence-electron chi connectivity index (χ0n) is 9.52. The SMILES string of the molecule is COC1CC(c2ccccc2)CN(C)C1. The lowest BCUT2D eigenvalue weighted by atomic mass is 9.89. The predicted octanol–water partition coefficient (Wildman–Crippen LogP) is 2.12. The van der Waals surface area contributed by atoms with Crippen molar-refractivity contribution in [3.05, 3.63) is 35.9 Å². The van der Waals surface area contributed by atoms with Crippen molar-refractivity contribution in [1.29, 1.82) is 0 Å². The molecule has 1 saturated heterocycles. The number of ether oxygens (including phenoxy) is 1. The van der Waals surface area contributed by atoms with E-state index in [2.05, 4.69) is 42.3 Å². The average molecular weight is 205 g/mol. The van der Waals surface area contributed by atoms with Crippen molar-refractivity contribution in [1.82, 2.24) is 4.90 Å². The van der Waals surface area contributed by atoms with Crippen LogP contribution >= 0.6 is 0 Å². The molecule has 2 heteroatoms. The highest BCUT2D eigenvalue weighted by molar-refractivity contribution is 5.20. The number of piperidine rings is 1. The summed E-state index contributed by atoms with van der Waals surface area (Å²) < 4.78 is 5.47. The Morgan fingerprint density at radius 3 is 2.60 bits per heavy atom. The zero-order valence-corrected chi connectivity index (χ0v) is 9.52. The summed E-state index contributed by atoms with van der Waals surface area (Å²) in [5.74, 6) is 0.620. The standard InChI is InChI=1S/C13H19NO/c1-14-9-12(8-13(10-14)15-2)11-6-4-3-5-7-11/h3-7,12-13H,8-10H2,1-2H3. The molecule has 0 radical (unpaired) electrons. The lowest BCUT2D eigenvalue weighted by Gasteiger charge is -2.35. The van der Waals surface area contributed by atoms with Crippen LogP contribution in [0.25, 0.3) is 0 Å². The summed E-state index contributed by atoms with van der Waals surface area (Å²) in [7, 11) is 3.98. The van der Waals surface area contributed by atoms with Crippen molar-refractivity contribution in [3.8, 4) is 0 Å². The summed E-state index contributed by atoms with van der Waals surface area (Å²) in [6.07, 6.45) is 1.53. The van der Waals surface area contributed by atoms with E-state index in [1.165, 1.54) is 5.56 Å². The second-order valence-corrected chi connectivity index (χ2v) is 4.42. The maximum Gasteiger partial charge on any atom is 0.0704 e. The van der Waals surface area contributed by atoms with Crippen LogP contribution in [-0.4, -0.2) is 38.3 Å². The summed E-state index contributed by atoms with van der Waals surface area (Å²) >= 11 is 0. The number of hydrogen-bond acceptors (Lipinski definition) is 2. The van der Waals surface area contributed by atoms with Gasteiger partial charge in [0.2, 0.25) is 0 Å². The molecule has 1 fully saturated rings. The summed E-state index contributed by atoms with van der Waals surface area (Å²) in [6, 6.07) is 10.7. The van der Waals surface area contributed by atoms with E-state index in [4.69, 9.17) is 4.74 Å². The molecule has 1 aliphatic rings. The van der Waals surface area contributed by atoms with E-state index >= 15 is 0 Å². The lowest BCUT2D eigenvalue weighted by molar-refractivity contribution is 0.0318. The molecule has 1 heterocycles. The first-order valence-electron chi connectivity index (χ1n) is 5.56. The van der Waals surface area contributed by atoms with Crippen molar-refractivity contribution < 1.29 is 4.74 Å². The fraction of sp³-hybridized carbons (Fsp3) is 0.538. The van der Waals surface area contributed by atoms with Crippen LogP contribution in [0.3, 0.4) is 0 Å². The van der Waals surface area contributed by atoms with Crippen molar-refractivity contribution >= 4 is 0 Å². The van der Waals surface area contributed by atoms with Gasteiger partial charge in [0.15, 0.2) is 0 Å². The lowest BCUT2D eigenvalue weighted by Crippen LogP contribution is -2.40. The van der Waals surface area contributed by atoms with Crippen LogP contribution in [0.5, 0.6) is 0 Å². The van der Waals surface area contributed by atoms with Crippen molar-refractivity contribution in [2.75, 3.05) is 27.2 Å². The molecule has 15 heavy (non-hydrogen) atoms. The highest BCUT2D eigenvalue weighted by atomic mass is 16.5. The fourth-order valence-corrected chi connectivity index (χ4v) is 2.40. The third-order valence-electron chi connectivity index (χ3n) is 3.20. The monoisotopic (exact) mass is 205 g/mol. The largest absolute Gasteiger partial charge is 0.380 e. The first kappa shape index (κ1) is 10.7. The molecule has 0 spiro atoms. The number of rotatable bonds is 2. The minimum Gasteiger partial charge on any atom is -0.380 e. The Bertz CT molecular complexity index is 299. The average Bonchev–Trinajstić information content (AvgIpc) is 2.29. The number of likely N-dealkylation sites (N-methyl/N-ethyl adjacent to an activating group) is 1. The van der Waals surface area contributed by atoms with Gasteiger partial charge in [-0.15, -0.1) is 0 Å². The normalized spacial score (nSPS) is 27.9. The number of hydrogen-bond donors (Lipinski definition) is 0. The third-order valence-corrected chi connectivity index (χ3v) is 3.20. The first-order chi connectivity index (χ1) is 7.29. The van der Waals surface area contributed by atoms with Gasteiger partial charge < -0.3 is 9.64 Å². The molecular formula is C13H19NO. The molecule has 0 aliphatic carbocycles. The molecule has 1 aromatic rings. The van der Waals surface area contributed by atoms with E-state index in [-0.39, 0.29) is 0 Å². The van der Waals surface area contributed by atoms with Gasteiger partial charge in [0.05, 0.1) is 6.10 Å². The van der Waals surface area contributed by atoms with Gasteiger partial charge in [-0.3, -0.25) is 0 Å². The van der Waals surface area contributed by atoms with E-state index < -0.39 is 0 Å². The third kappa shape index (κ3) is 2.58. The summed E-state index contributed by atoms with van der Waals surface area (Å²) in [5, 5.41) is 0. The number of benzene rings is 1. The Morgan fingerprint density at radius 2 is 1.93 bits per heavy atom. The molecule has 2 unspecified atom stereocenters. The molecule has 2 nitrogen and oxygen atoms in total. The zero-order chi connectivity index (χ0) is 10.7. The maximum absolute atomic E-state index is 5.47. The maximum atomic E-state index is 5.47. The van der Waals surface area contributed by atoms with Crippen LogP contribution in [0, 0.1) is 0 Å². The Hall–Kier alpha value is -0.860. The van der Waals surface area contributed by atoms with E-state index in [0.717, 1.165) is 19.5 Å². The van der Waals surface area contributed by atoms with Gasteiger partial charge in [0, 0.05) is 20.2 Å². The van der Waals surface area contributed by atoms with Gasteiger partial charge in [-0.05, 0) is 24.9 Å². The van der Waals surface area contributed by atoms with E-state index in [1.807, 2.05) is 7.11 Å². The van der Waals surface area contributed by atoms with E-state index in [0.29, 0.717) is 12.0 Å². The van der Waals surface area contributed by atoms with Crippen LogP contribution in [0.2, 0.25) is 0 Å². The number of nitrogens with zero attached hydrogens (tertiary/aromatic N) is 1. The second kappa shape index (κ2) is 4.77. The molecule has 0 amide bonds. The fourth-order valence-electron chi connectivity index (χ4n) is 2.40. The topological polar surface area (TPSA) is 12.5 Å². The second-order valence-electron chi connectivity index (χ2n) is 4.42. The number of likely N-dealkylation sites (tertiary alicyclic amines) is 1. The van der Waals surface area contributed by atoms with Crippen LogP contribution in [0.15, 0.2) is 30.3 Å². The van der Waals surface area contributed by atoms with Crippen LogP contribution in [-0.2, 0) is 4.74 Å². The Kier molecular flexibility index (Phi) is 3.39. The van der Waals surface area contributed by atoms with Gasteiger partial charge in [-0.1, -0.05) is 30.3 Å². The van der Waals surface area contributed by atoms with Crippen molar-refractivity contribution in [2.45, 2.75) is 18.4 Å². The van der Waals surface area contributed by atoms with Crippen LogP contribution in [0.1, 0.15) is 17.9 Å². The molecule has 0 aromatic heterocycles. The van der Waals surface area contributed by atoms with Gasteiger partial charge in [-0.25, -0.2) is 0 Å². The predicted molar refractivity (Wildman–Crippen MR) is 62.1 cm³/mol. The smallest absolute Gasteiger partial charge is 0.0704 e. The highest BCUT2D eigenvalue weighted by Gasteiger charge is 2.25. The molecule has 0 saturated carbocycles. The van der Waals surface area contributed by atoms with Gasteiger partial charge in [-0.2, -0.15) is 0 Å². The summed E-state index contributed by atoms with van der Waals surface area (Å²) in [6.45, 7) is 2.20. The molecule has 0 N–H and O–H groups in total. The number of methoxy groups -OCH3 is 1. The van der Waals surface area contributed by atoms with Crippen LogP contribution < -0.4 is 0 Å². The van der Waals surface area contributed by atoms with E-state index in [9.17, 15) is 0 Å². The molecular weight excluding hydrogens is 186 g/mol. The van der Waals surface area contributed by atoms with Gasteiger partial charge >= 0.3 is 0 Å². The van der Waals surface area contributed by atoms with E-state index in [1.54, 1.807) is 0 Å². The molecule has 1 aromatic carbocycles. The Balaban J connectivity index is 2.09. The van der Waals surface area contributed by atoms with Crippen LogP contribution in [0.4, 0.5) is 0 Å². The molecule has 2 atom stereocenters.